The van der Waals surface area contributed by atoms with Crippen LogP contribution in [0.3, 0.4) is 0 Å². The Morgan fingerprint density at radius 3 is 2.41 bits per heavy atom. The van der Waals surface area contributed by atoms with E-state index >= 15 is 0 Å². The van der Waals surface area contributed by atoms with Crippen LogP contribution in [0.15, 0.2) is 77.7 Å². The Morgan fingerprint density at radius 2 is 1.72 bits per heavy atom. The van der Waals surface area contributed by atoms with Crippen LogP contribution in [0.1, 0.15) is 40.9 Å². The zero-order chi connectivity index (χ0) is 22.7. The number of carbonyl (C=O) groups is 1. The first-order chi connectivity index (χ1) is 15.4. The summed E-state index contributed by atoms with van der Waals surface area (Å²) in [5.74, 6) is 0.524. The molecule has 0 aromatic heterocycles. The normalized spacial score (nSPS) is 15.1. The summed E-state index contributed by atoms with van der Waals surface area (Å²) in [6.07, 6.45) is 1.87. The predicted molar refractivity (Wildman–Crippen MR) is 124 cm³/mol. The lowest BCUT2D eigenvalue weighted by atomic mass is 10.1. The topological polar surface area (TPSA) is 75.7 Å². The molecule has 32 heavy (non-hydrogen) atoms. The average molecular weight is 451 g/mol. The Kier molecular flexibility index (Phi) is 6.19. The van der Waals surface area contributed by atoms with Crippen LogP contribution in [0, 0.1) is 0 Å². The molecular weight excluding hydrogens is 424 g/mol. The van der Waals surface area contributed by atoms with Gasteiger partial charge in [-0.1, -0.05) is 24.3 Å². The molecule has 3 aromatic carbocycles. The molecule has 0 heterocycles. The number of nitrogens with one attached hydrogen (secondary N) is 1. The Hall–Kier alpha value is -3.32. The number of benzene rings is 3. The molecule has 1 aliphatic rings. The van der Waals surface area contributed by atoms with E-state index in [4.69, 9.17) is 4.74 Å². The predicted octanol–water partition coefficient (Wildman–Crippen LogP) is 4.65. The minimum Gasteiger partial charge on any atom is -0.494 e. The van der Waals surface area contributed by atoms with Crippen molar-refractivity contribution < 1.29 is 17.9 Å². The summed E-state index contributed by atoms with van der Waals surface area (Å²) >= 11 is 0. The Labute approximate surface area is 188 Å². The molecule has 3 aromatic rings. The van der Waals surface area contributed by atoms with Crippen molar-refractivity contribution in [1.82, 2.24) is 4.90 Å². The molecule has 0 saturated heterocycles. The van der Waals surface area contributed by atoms with Gasteiger partial charge in [-0.05, 0) is 79.4 Å². The molecule has 7 heteroatoms. The molecule has 1 amide bonds. The number of amides is 1. The van der Waals surface area contributed by atoms with Crippen molar-refractivity contribution in [3.05, 3.63) is 89.5 Å². The van der Waals surface area contributed by atoms with Crippen LogP contribution in [-0.2, 0) is 16.4 Å². The van der Waals surface area contributed by atoms with Crippen LogP contribution in [0.2, 0.25) is 0 Å². The number of sulfonamides is 1. The standard InChI is InChI=1S/C25H26N2O4S/c1-3-31-21-13-15-22(16-14-21)32(29,30)26-20-11-8-19(9-12-20)25(28)27(2)24-17-10-18-6-4-5-7-23(18)24/h4-9,11-16,24,26H,3,10,17H2,1-2H3. The summed E-state index contributed by atoms with van der Waals surface area (Å²) in [6, 6.07) is 21.0. The van der Waals surface area contributed by atoms with E-state index < -0.39 is 10.0 Å². The Bertz CT molecular complexity index is 1210. The van der Waals surface area contributed by atoms with Crippen molar-refractivity contribution in [2.75, 3.05) is 18.4 Å². The van der Waals surface area contributed by atoms with Crippen LogP contribution >= 0.6 is 0 Å². The molecule has 0 aliphatic heterocycles. The maximum atomic E-state index is 13.0. The molecule has 1 aliphatic carbocycles. The zero-order valence-electron chi connectivity index (χ0n) is 18.1. The van der Waals surface area contributed by atoms with Crippen molar-refractivity contribution in [2.45, 2.75) is 30.7 Å². The third-order valence-electron chi connectivity index (χ3n) is 5.72. The van der Waals surface area contributed by atoms with Crippen LogP contribution in [0.25, 0.3) is 0 Å². The summed E-state index contributed by atoms with van der Waals surface area (Å²) in [7, 11) is -1.92. The number of nitrogens with zero attached hydrogens (tertiary/aromatic N) is 1. The van der Waals surface area contributed by atoms with Gasteiger partial charge in [-0.2, -0.15) is 0 Å². The lowest BCUT2D eigenvalue weighted by molar-refractivity contribution is 0.0730. The first-order valence-electron chi connectivity index (χ1n) is 10.6. The highest BCUT2D eigenvalue weighted by atomic mass is 32.2. The number of rotatable bonds is 7. The minimum atomic E-state index is -3.74. The van der Waals surface area contributed by atoms with E-state index in [1.54, 1.807) is 41.3 Å². The Morgan fingerprint density at radius 1 is 1.03 bits per heavy atom. The van der Waals surface area contributed by atoms with Gasteiger partial charge >= 0.3 is 0 Å². The molecule has 0 saturated carbocycles. The summed E-state index contributed by atoms with van der Waals surface area (Å²) in [5, 5.41) is 0. The van der Waals surface area contributed by atoms with Crippen LogP contribution < -0.4 is 9.46 Å². The van der Waals surface area contributed by atoms with Gasteiger partial charge in [0.25, 0.3) is 15.9 Å². The molecular formula is C25H26N2O4S. The van der Waals surface area contributed by atoms with E-state index in [1.807, 2.05) is 26.1 Å². The van der Waals surface area contributed by atoms with Crippen molar-refractivity contribution >= 4 is 21.6 Å². The number of hydrogen-bond acceptors (Lipinski definition) is 4. The lowest BCUT2D eigenvalue weighted by Gasteiger charge is -2.25. The maximum absolute atomic E-state index is 13.0. The number of ether oxygens (including phenoxy) is 1. The summed E-state index contributed by atoms with van der Waals surface area (Å²) < 4.78 is 33.2. The molecule has 1 atom stereocenters. The van der Waals surface area contributed by atoms with Crippen LogP contribution in [0.5, 0.6) is 5.75 Å². The van der Waals surface area contributed by atoms with E-state index in [9.17, 15) is 13.2 Å². The first kappa shape index (κ1) is 21.9. The third kappa shape index (κ3) is 4.48. The fraction of sp³-hybridized carbons (Fsp3) is 0.240. The highest BCUT2D eigenvalue weighted by molar-refractivity contribution is 7.92. The molecule has 0 spiro atoms. The molecule has 6 nitrogen and oxygen atoms in total. The van der Waals surface area contributed by atoms with Gasteiger partial charge in [-0.25, -0.2) is 8.42 Å². The lowest BCUT2D eigenvalue weighted by Crippen LogP contribution is -2.30. The second-order valence-corrected chi connectivity index (χ2v) is 9.44. The molecule has 166 valence electrons. The molecule has 0 radical (unpaired) electrons. The Balaban J connectivity index is 1.45. The van der Waals surface area contributed by atoms with E-state index in [2.05, 4.69) is 16.9 Å². The second kappa shape index (κ2) is 9.04. The van der Waals surface area contributed by atoms with Gasteiger partial charge in [0.2, 0.25) is 0 Å². The largest absolute Gasteiger partial charge is 0.494 e. The van der Waals surface area contributed by atoms with Crippen molar-refractivity contribution in [3.63, 3.8) is 0 Å². The third-order valence-corrected chi connectivity index (χ3v) is 7.12. The highest BCUT2D eigenvalue weighted by Gasteiger charge is 2.28. The fourth-order valence-corrected chi connectivity index (χ4v) is 5.12. The van der Waals surface area contributed by atoms with E-state index in [1.165, 1.54) is 23.3 Å². The summed E-state index contributed by atoms with van der Waals surface area (Å²) in [6.45, 7) is 2.38. The van der Waals surface area contributed by atoms with Crippen molar-refractivity contribution in [1.29, 1.82) is 0 Å². The average Bonchev–Trinajstić information content (AvgIpc) is 3.23. The fourth-order valence-electron chi connectivity index (χ4n) is 4.06. The van der Waals surface area contributed by atoms with E-state index in [0.717, 1.165) is 12.8 Å². The summed E-state index contributed by atoms with van der Waals surface area (Å²) in [4.78, 5) is 14.9. The van der Waals surface area contributed by atoms with Crippen molar-refractivity contribution in [3.8, 4) is 5.75 Å². The quantitative estimate of drug-likeness (QED) is 0.569. The minimum absolute atomic E-state index is 0.0524. The van der Waals surface area contributed by atoms with Crippen LogP contribution in [0.4, 0.5) is 5.69 Å². The van der Waals surface area contributed by atoms with E-state index in [0.29, 0.717) is 23.6 Å². The number of fused-ring (bicyclic) bond motifs is 1. The number of hydrogen-bond donors (Lipinski definition) is 1. The van der Waals surface area contributed by atoms with Gasteiger partial charge in [-0.3, -0.25) is 9.52 Å². The highest BCUT2D eigenvalue weighted by Crippen LogP contribution is 2.35. The van der Waals surface area contributed by atoms with Gasteiger partial charge < -0.3 is 9.64 Å². The smallest absolute Gasteiger partial charge is 0.261 e. The molecule has 4 rings (SSSR count). The van der Waals surface area contributed by atoms with Gasteiger partial charge in [0.1, 0.15) is 5.75 Å². The van der Waals surface area contributed by atoms with Gasteiger partial charge in [0.05, 0.1) is 17.5 Å². The van der Waals surface area contributed by atoms with Gasteiger partial charge in [-0.15, -0.1) is 0 Å². The second-order valence-electron chi connectivity index (χ2n) is 7.76. The monoisotopic (exact) mass is 450 g/mol. The van der Waals surface area contributed by atoms with Crippen LogP contribution in [-0.4, -0.2) is 32.9 Å². The first-order valence-corrected chi connectivity index (χ1v) is 12.1. The van der Waals surface area contributed by atoms with Gasteiger partial charge in [0.15, 0.2) is 0 Å². The van der Waals surface area contributed by atoms with Crippen molar-refractivity contribution in [2.24, 2.45) is 0 Å². The van der Waals surface area contributed by atoms with Gasteiger partial charge in [0, 0.05) is 18.3 Å². The van der Waals surface area contributed by atoms with E-state index in [-0.39, 0.29) is 16.8 Å². The summed E-state index contributed by atoms with van der Waals surface area (Å²) in [5.41, 5.74) is 3.39. The number of aryl methyl sites for hydroxylation is 1. The SMILES string of the molecule is CCOc1ccc(S(=O)(=O)Nc2ccc(C(=O)N(C)C3CCc4ccccc43)cc2)cc1. The molecule has 1 unspecified atom stereocenters. The molecule has 0 bridgehead atoms. The number of carbonyl (C=O) groups excluding carboxylic acids is 1. The maximum Gasteiger partial charge on any atom is 0.261 e. The zero-order valence-corrected chi connectivity index (χ0v) is 18.9. The molecule has 1 N–H and O–H groups in total. The number of anilines is 1. The molecule has 0 fully saturated rings.